The Balaban J connectivity index is 1.05. The van der Waals surface area contributed by atoms with Gasteiger partial charge < -0.3 is 9.80 Å². The van der Waals surface area contributed by atoms with Gasteiger partial charge in [0.2, 0.25) is 0 Å². The van der Waals surface area contributed by atoms with Crippen LogP contribution in [0.25, 0.3) is 44.2 Å². The van der Waals surface area contributed by atoms with Crippen LogP contribution in [0, 0.1) is 0 Å². The summed E-state index contributed by atoms with van der Waals surface area (Å²) in [5.41, 5.74) is 13.9. The maximum absolute atomic E-state index is 2.34. The Morgan fingerprint density at radius 3 is 1.19 bits per heavy atom. The zero-order chi connectivity index (χ0) is 36.1. The van der Waals surface area contributed by atoms with Gasteiger partial charge in [0.15, 0.2) is 0 Å². The van der Waals surface area contributed by atoms with E-state index in [1.807, 2.05) is 0 Å². The van der Waals surface area contributed by atoms with Crippen molar-refractivity contribution in [3.8, 4) is 33.4 Å². The minimum atomic E-state index is 1.11. The van der Waals surface area contributed by atoms with Crippen molar-refractivity contribution >= 4 is 44.9 Å². The third-order valence-electron chi connectivity index (χ3n) is 10.0. The number of hydrogen-bond donors (Lipinski definition) is 0. The molecule has 0 saturated heterocycles. The molecule has 54 heavy (non-hydrogen) atoms. The summed E-state index contributed by atoms with van der Waals surface area (Å²) in [6, 6.07) is 82.4. The van der Waals surface area contributed by atoms with Crippen molar-refractivity contribution in [2.75, 3.05) is 9.80 Å². The van der Waals surface area contributed by atoms with E-state index in [4.69, 9.17) is 0 Å². The lowest BCUT2D eigenvalue weighted by molar-refractivity contribution is 1.28. The summed E-state index contributed by atoms with van der Waals surface area (Å²) in [6.45, 7) is 0. The van der Waals surface area contributed by atoms with Gasteiger partial charge in [-0.15, -0.1) is 0 Å². The van der Waals surface area contributed by atoms with E-state index >= 15 is 0 Å². The fraction of sp³-hybridized carbons (Fsp3) is 0. The number of fused-ring (bicyclic) bond motifs is 1. The van der Waals surface area contributed by atoms with Crippen LogP contribution in [0.5, 0.6) is 0 Å². The van der Waals surface area contributed by atoms with Crippen molar-refractivity contribution in [1.29, 1.82) is 0 Å². The highest BCUT2D eigenvalue weighted by atomic mass is 15.1. The van der Waals surface area contributed by atoms with Gasteiger partial charge in [-0.3, -0.25) is 0 Å². The molecule has 0 aromatic heterocycles. The quantitative estimate of drug-likeness (QED) is 0.149. The summed E-state index contributed by atoms with van der Waals surface area (Å²) in [4.78, 5) is 4.63. The molecule has 9 aromatic carbocycles. The molecule has 0 aliphatic rings. The van der Waals surface area contributed by atoms with E-state index in [1.165, 1.54) is 44.2 Å². The normalized spacial score (nSPS) is 11.0. The highest BCUT2D eigenvalue weighted by molar-refractivity contribution is 5.99. The third kappa shape index (κ3) is 6.65. The predicted molar refractivity (Wildman–Crippen MR) is 230 cm³/mol. The van der Waals surface area contributed by atoms with Crippen molar-refractivity contribution in [1.82, 2.24) is 0 Å². The van der Waals surface area contributed by atoms with Gasteiger partial charge in [-0.1, -0.05) is 152 Å². The van der Waals surface area contributed by atoms with Gasteiger partial charge in [-0.2, -0.15) is 0 Å². The van der Waals surface area contributed by atoms with E-state index in [0.717, 1.165) is 34.1 Å². The second-order valence-electron chi connectivity index (χ2n) is 13.4. The lowest BCUT2D eigenvalue weighted by Crippen LogP contribution is -2.09. The zero-order valence-electron chi connectivity index (χ0n) is 29.8. The number of hydrogen-bond acceptors (Lipinski definition) is 2. The predicted octanol–water partition coefficient (Wildman–Crippen LogP) is 14.8. The molecule has 0 aliphatic heterocycles. The summed E-state index contributed by atoms with van der Waals surface area (Å²) in [7, 11) is 0. The second-order valence-corrected chi connectivity index (χ2v) is 13.4. The molecule has 0 heterocycles. The lowest BCUT2D eigenvalue weighted by Gasteiger charge is -2.26. The molecular weight excluding hydrogens is 653 g/mol. The Kier molecular flexibility index (Phi) is 8.99. The Hall–Kier alpha value is -7.16. The Bertz CT molecular complexity index is 2580. The molecule has 0 fully saturated rings. The first-order valence-corrected chi connectivity index (χ1v) is 18.4. The molecule has 2 heteroatoms. The number of rotatable bonds is 9. The maximum atomic E-state index is 2.34. The molecule has 0 amide bonds. The highest BCUT2D eigenvalue weighted by Gasteiger charge is 2.15. The van der Waals surface area contributed by atoms with Crippen LogP contribution in [0.1, 0.15) is 0 Å². The minimum Gasteiger partial charge on any atom is -0.311 e. The molecule has 9 aromatic rings. The van der Waals surface area contributed by atoms with Gasteiger partial charge in [-0.25, -0.2) is 0 Å². The van der Waals surface area contributed by atoms with Crippen molar-refractivity contribution in [3.05, 3.63) is 231 Å². The average molecular weight is 691 g/mol. The first kappa shape index (κ1) is 32.7. The highest BCUT2D eigenvalue weighted by Crippen LogP contribution is 2.40. The summed E-state index contributed by atoms with van der Waals surface area (Å²) >= 11 is 0. The van der Waals surface area contributed by atoms with Crippen LogP contribution in [-0.4, -0.2) is 0 Å². The first-order chi connectivity index (χ1) is 26.8. The van der Waals surface area contributed by atoms with E-state index in [2.05, 4.69) is 240 Å². The molecule has 9 rings (SSSR count). The molecule has 0 atom stereocenters. The van der Waals surface area contributed by atoms with E-state index in [-0.39, 0.29) is 0 Å². The van der Waals surface area contributed by atoms with Crippen LogP contribution < -0.4 is 9.80 Å². The van der Waals surface area contributed by atoms with Gasteiger partial charge in [-0.05, 0) is 123 Å². The second kappa shape index (κ2) is 14.8. The molecular formula is C52H38N2. The minimum absolute atomic E-state index is 1.11. The van der Waals surface area contributed by atoms with Gasteiger partial charge in [0.05, 0.1) is 0 Å². The number of anilines is 6. The third-order valence-corrected chi connectivity index (χ3v) is 10.0. The standard InChI is InChI=1S/C52H38N2/c1-5-15-39(16-6-1)43-18-13-25-50(37-43)54(47-23-11-4-12-24-47)49-35-31-42(32-36-49)51-26-14-17-41-27-28-44(38-52(41)51)40-29-33-48(34-30-40)53(45-19-7-2-8-20-45)46-21-9-3-10-22-46/h1-38H. The summed E-state index contributed by atoms with van der Waals surface area (Å²) in [5.74, 6) is 0. The summed E-state index contributed by atoms with van der Waals surface area (Å²) in [5, 5.41) is 2.46. The monoisotopic (exact) mass is 690 g/mol. The summed E-state index contributed by atoms with van der Waals surface area (Å²) < 4.78 is 0. The Morgan fingerprint density at radius 2 is 0.611 bits per heavy atom. The van der Waals surface area contributed by atoms with E-state index in [0.29, 0.717) is 0 Å². The van der Waals surface area contributed by atoms with E-state index < -0.39 is 0 Å². The smallest absolute Gasteiger partial charge is 0.0467 e. The van der Waals surface area contributed by atoms with E-state index in [1.54, 1.807) is 0 Å². The first-order valence-electron chi connectivity index (χ1n) is 18.4. The Labute approximate surface area is 317 Å². The molecule has 0 saturated carbocycles. The maximum Gasteiger partial charge on any atom is 0.0467 e. The molecule has 0 radical (unpaired) electrons. The molecule has 0 spiro atoms. The fourth-order valence-electron chi connectivity index (χ4n) is 7.38. The van der Waals surface area contributed by atoms with Crippen LogP contribution in [0.2, 0.25) is 0 Å². The molecule has 2 nitrogen and oxygen atoms in total. The van der Waals surface area contributed by atoms with Crippen molar-refractivity contribution in [2.24, 2.45) is 0 Å². The van der Waals surface area contributed by atoms with Crippen LogP contribution in [0.3, 0.4) is 0 Å². The van der Waals surface area contributed by atoms with Gasteiger partial charge >= 0.3 is 0 Å². The topological polar surface area (TPSA) is 6.48 Å². The van der Waals surface area contributed by atoms with Crippen LogP contribution in [0.4, 0.5) is 34.1 Å². The molecule has 0 bridgehead atoms. The van der Waals surface area contributed by atoms with E-state index in [9.17, 15) is 0 Å². The van der Waals surface area contributed by atoms with Gasteiger partial charge in [0.1, 0.15) is 0 Å². The van der Waals surface area contributed by atoms with Crippen LogP contribution in [-0.2, 0) is 0 Å². The van der Waals surface area contributed by atoms with Crippen molar-refractivity contribution in [3.63, 3.8) is 0 Å². The molecule has 0 aliphatic carbocycles. The zero-order valence-corrected chi connectivity index (χ0v) is 29.8. The van der Waals surface area contributed by atoms with Crippen molar-refractivity contribution in [2.45, 2.75) is 0 Å². The number of nitrogens with zero attached hydrogens (tertiary/aromatic N) is 2. The fourth-order valence-corrected chi connectivity index (χ4v) is 7.38. The van der Waals surface area contributed by atoms with Crippen LogP contribution in [0.15, 0.2) is 231 Å². The Morgan fingerprint density at radius 1 is 0.222 bits per heavy atom. The van der Waals surface area contributed by atoms with Gasteiger partial charge in [0.25, 0.3) is 0 Å². The SMILES string of the molecule is c1ccc(-c2cccc(N(c3ccccc3)c3ccc(-c4cccc5ccc(-c6ccc(N(c7ccccc7)c7ccccc7)cc6)cc45)cc3)c2)cc1. The number of benzene rings is 9. The van der Waals surface area contributed by atoms with Gasteiger partial charge in [0, 0.05) is 34.1 Å². The molecule has 0 unspecified atom stereocenters. The largest absolute Gasteiger partial charge is 0.311 e. The van der Waals surface area contributed by atoms with Crippen LogP contribution >= 0.6 is 0 Å². The molecule has 0 N–H and O–H groups in total. The van der Waals surface area contributed by atoms with Crippen molar-refractivity contribution < 1.29 is 0 Å². The lowest BCUT2D eigenvalue weighted by atomic mass is 9.94. The average Bonchev–Trinajstić information content (AvgIpc) is 3.26. The summed E-state index contributed by atoms with van der Waals surface area (Å²) in [6.07, 6.45) is 0. The molecule has 256 valence electrons. The number of para-hydroxylation sites is 3.